The molecule has 0 fully saturated rings. The van der Waals surface area contributed by atoms with Crippen molar-refractivity contribution >= 4 is 11.7 Å². The predicted molar refractivity (Wildman–Crippen MR) is 69.9 cm³/mol. The normalized spacial score (nSPS) is 11.6. The van der Waals surface area contributed by atoms with Gasteiger partial charge in [-0.25, -0.2) is 4.98 Å². The highest BCUT2D eigenvalue weighted by Crippen LogP contribution is 2.16. The van der Waals surface area contributed by atoms with Gasteiger partial charge in [0.15, 0.2) is 11.7 Å². The van der Waals surface area contributed by atoms with Crippen LogP contribution in [-0.2, 0) is 13.6 Å². The van der Waals surface area contributed by atoms with Gasteiger partial charge in [-0.15, -0.1) is 5.10 Å². The van der Waals surface area contributed by atoms with Crippen molar-refractivity contribution in [3.8, 4) is 0 Å². The lowest BCUT2D eigenvalue weighted by molar-refractivity contribution is 0.318. The van der Waals surface area contributed by atoms with Crippen LogP contribution in [-0.4, -0.2) is 37.8 Å². The molecule has 2 aromatic heterocycles. The molecule has 0 aliphatic heterocycles. The quantitative estimate of drug-likeness (QED) is 0.346. The second-order valence-corrected chi connectivity index (χ2v) is 4.06. The third-order valence-electron chi connectivity index (χ3n) is 2.75. The van der Waals surface area contributed by atoms with Gasteiger partial charge in [0.2, 0.25) is 0 Å². The zero-order valence-electron chi connectivity index (χ0n) is 10.7. The van der Waals surface area contributed by atoms with Crippen LogP contribution >= 0.6 is 0 Å². The minimum atomic E-state index is -0.00316. The molecular formula is C11H15N7O. The lowest BCUT2D eigenvalue weighted by Crippen LogP contribution is -2.25. The maximum absolute atomic E-state index is 8.78. The number of oxime groups is 1. The monoisotopic (exact) mass is 261 g/mol. The van der Waals surface area contributed by atoms with Crippen molar-refractivity contribution in [1.29, 1.82) is 0 Å². The van der Waals surface area contributed by atoms with Gasteiger partial charge in [0.05, 0.1) is 18.3 Å². The molecule has 2 heterocycles. The molecule has 0 aliphatic rings. The molecule has 0 unspecified atom stereocenters. The summed E-state index contributed by atoms with van der Waals surface area (Å²) in [7, 11) is 3.75. The summed E-state index contributed by atoms with van der Waals surface area (Å²) in [6, 6.07) is 1.65. The zero-order valence-corrected chi connectivity index (χ0v) is 10.7. The number of nitrogens with zero attached hydrogens (tertiary/aromatic N) is 6. The van der Waals surface area contributed by atoms with Gasteiger partial charge in [0.25, 0.3) is 0 Å². The summed E-state index contributed by atoms with van der Waals surface area (Å²) < 4.78 is 1.91. The molecule has 0 spiro atoms. The fraction of sp³-hybridized carbons (Fsp3) is 0.273. The van der Waals surface area contributed by atoms with E-state index in [0.29, 0.717) is 17.9 Å². The summed E-state index contributed by atoms with van der Waals surface area (Å²) >= 11 is 0. The van der Waals surface area contributed by atoms with Gasteiger partial charge in [-0.2, -0.15) is 5.10 Å². The molecule has 2 rings (SSSR count). The lowest BCUT2D eigenvalue weighted by atomic mass is 10.2. The lowest BCUT2D eigenvalue weighted by Gasteiger charge is -2.19. The highest BCUT2D eigenvalue weighted by atomic mass is 16.4. The van der Waals surface area contributed by atoms with Gasteiger partial charge in [0.1, 0.15) is 5.82 Å². The van der Waals surface area contributed by atoms with Gasteiger partial charge in [-0.05, 0) is 6.07 Å². The molecule has 3 N–H and O–H groups in total. The van der Waals surface area contributed by atoms with Crippen molar-refractivity contribution in [1.82, 2.24) is 19.7 Å². The van der Waals surface area contributed by atoms with Gasteiger partial charge in [-0.3, -0.25) is 0 Å². The van der Waals surface area contributed by atoms with Gasteiger partial charge in [0, 0.05) is 26.5 Å². The first-order valence-electron chi connectivity index (χ1n) is 5.60. The average Bonchev–Trinajstić information content (AvgIpc) is 2.83. The molecule has 0 saturated carbocycles. The highest BCUT2D eigenvalue weighted by Gasteiger charge is 2.14. The fourth-order valence-corrected chi connectivity index (χ4v) is 1.70. The molecule has 2 aromatic rings. The van der Waals surface area contributed by atoms with E-state index >= 15 is 0 Å². The summed E-state index contributed by atoms with van der Waals surface area (Å²) in [4.78, 5) is 6.07. The fourth-order valence-electron chi connectivity index (χ4n) is 1.70. The molecule has 19 heavy (non-hydrogen) atoms. The van der Waals surface area contributed by atoms with E-state index in [-0.39, 0.29) is 5.84 Å². The SMILES string of the molecule is CN(Cc1nccn1C)c1nnccc1/C(N)=N/O. The number of rotatable bonds is 4. The van der Waals surface area contributed by atoms with E-state index in [1.165, 1.54) is 6.20 Å². The van der Waals surface area contributed by atoms with Crippen LogP contribution in [0.1, 0.15) is 11.4 Å². The summed E-state index contributed by atoms with van der Waals surface area (Å²) in [6.45, 7) is 0.536. The molecule has 0 aromatic carbocycles. The van der Waals surface area contributed by atoms with E-state index < -0.39 is 0 Å². The van der Waals surface area contributed by atoms with Crippen LogP contribution in [0, 0.1) is 0 Å². The molecule has 0 amide bonds. The number of imidazole rings is 1. The van der Waals surface area contributed by atoms with Crippen LogP contribution in [0.3, 0.4) is 0 Å². The molecule has 8 heteroatoms. The first kappa shape index (κ1) is 12.8. The summed E-state index contributed by atoms with van der Waals surface area (Å²) in [6.07, 6.45) is 5.08. The van der Waals surface area contributed by atoms with Crippen molar-refractivity contribution in [3.63, 3.8) is 0 Å². The van der Waals surface area contributed by atoms with Gasteiger partial charge in [-0.1, -0.05) is 5.16 Å². The van der Waals surface area contributed by atoms with Crippen molar-refractivity contribution in [3.05, 3.63) is 36.0 Å². The Morgan fingerprint density at radius 3 is 2.95 bits per heavy atom. The molecule has 0 atom stereocenters. The number of hydrogen-bond donors (Lipinski definition) is 2. The van der Waals surface area contributed by atoms with E-state index in [2.05, 4.69) is 20.3 Å². The Kier molecular flexibility index (Phi) is 3.60. The van der Waals surface area contributed by atoms with Gasteiger partial charge >= 0.3 is 0 Å². The average molecular weight is 261 g/mol. The van der Waals surface area contributed by atoms with Crippen molar-refractivity contribution in [2.24, 2.45) is 17.9 Å². The third-order valence-corrected chi connectivity index (χ3v) is 2.75. The van der Waals surface area contributed by atoms with E-state index in [9.17, 15) is 0 Å². The van der Waals surface area contributed by atoms with Crippen LogP contribution in [0.5, 0.6) is 0 Å². The summed E-state index contributed by atoms with van der Waals surface area (Å²) in [5, 5.41) is 19.6. The zero-order chi connectivity index (χ0) is 13.8. The number of aryl methyl sites for hydroxylation is 1. The van der Waals surface area contributed by atoms with Crippen molar-refractivity contribution in [2.45, 2.75) is 6.54 Å². The Balaban J connectivity index is 2.29. The minimum Gasteiger partial charge on any atom is -0.409 e. The summed E-state index contributed by atoms with van der Waals surface area (Å²) in [5.74, 6) is 1.40. The van der Waals surface area contributed by atoms with Crippen molar-refractivity contribution in [2.75, 3.05) is 11.9 Å². The second-order valence-electron chi connectivity index (χ2n) is 4.06. The van der Waals surface area contributed by atoms with E-state index in [0.717, 1.165) is 5.82 Å². The van der Waals surface area contributed by atoms with E-state index in [1.54, 1.807) is 12.3 Å². The van der Waals surface area contributed by atoms with Gasteiger partial charge < -0.3 is 20.4 Å². The number of aromatic nitrogens is 4. The molecular weight excluding hydrogens is 246 g/mol. The smallest absolute Gasteiger partial charge is 0.173 e. The molecule has 0 radical (unpaired) electrons. The summed E-state index contributed by atoms with van der Waals surface area (Å²) in [5.41, 5.74) is 6.14. The Bertz CT molecular complexity index is 592. The molecule has 100 valence electrons. The molecule has 0 aliphatic carbocycles. The molecule has 0 saturated heterocycles. The Labute approximate surface area is 110 Å². The Hall–Kier alpha value is -2.64. The van der Waals surface area contributed by atoms with Crippen LogP contribution in [0.25, 0.3) is 0 Å². The minimum absolute atomic E-state index is 0.00316. The third kappa shape index (κ3) is 2.62. The van der Waals surface area contributed by atoms with Crippen LogP contribution in [0.2, 0.25) is 0 Å². The van der Waals surface area contributed by atoms with Crippen LogP contribution < -0.4 is 10.6 Å². The highest BCUT2D eigenvalue weighted by molar-refractivity contribution is 6.01. The first-order chi connectivity index (χ1) is 9.13. The molecule has 8 nitrogen and oxygen atoms in total. The standard InChI is InChI=1S/C11H15N7O/c1-17-6-5-13-9(17)7-18(2)11-8(10(12)16-19)3-4-14-15-11/h3-6,19H,7H2,1-2H3,(H2,12,16). The van der Waals surface area contributed by atoms with E-state index in [1.807, 2.05) is 29.8 Å². The first-order valence-corrected chi connectivity index (χ1v) is 5.60. The second kappa shape index (κ2) is 5.34. The topological polar surface area (TPSA) is 105 Å². The van der Waals surface area contributed by atoms with E-state index in [4.69, 9.17) is 10.9 Å². The van der Waals surface area contributed by atoms with Crippen LogP contribution in [0.15, 0.2) is 29.8 Å². The maximum Gasteiger partial charge on any atom is 0.173 e. The number of nitrogens with two attached hydrogens (primary N) is 1. The number of amidine groups is 1. The number of hydrogen-bond acceptors (Lipinski definition) is 6. The Morgan fingerprint density at radius 2 is 2.32 bits per heavy atom. The maximum atomic E-state index is 8.78. The largest absolute Gasteiger partial charge is 0.409 e. The molecule has 0 bridgehead atoms. The van der Waals surface area contributed by atoms with Crippen molar-refractivity contribution < 1.29 is 5.21 Å². The van der Waals surface area contributed by atoms with Crippen LogP contribution in [0.4, 0.5) is 5.82 Å². The predicted octanol–water partition coefficient (Wildman–Crippen LogP) is -0.0590. The Morgan fingerprint density at radius 1 is 1.53 bits per heavy atom. The number of anilines is 1.